The summed E-state index contributed by atoms with van der Waals surface area (Å²) in [6, 6.07) is 1.92. The van der Waals surface area contributed by atoms with Gasteiger partial charge in [0.05, 0.1) is 3.57 Å². The molecule has 3 heteroatoms. The number of hydrogen-bond acceptors (Lipinski definition) is 1. The van der Waals surface area contributed by atoms with Crippen molar-refractivity contribution in [2.24, 2.45) is 0 Å². The van der Waals surface area contributed by atoms with Crippen LogP contribution in [0.5, 0.6) is 0 Å². The fraction of sp³-hybridized carbons (Fsp3) is 0.500. The van der Waals surface area contributed by atoms with E-state index in [1.165, 1.54) is 11.3 Å². The van der Waals surface area contributed by atoms with Crippen molar-refractivity contribution >= 4 is 33.9 Å². The maximum absolute atomic E-state index is 12.9. The highest BCUT2D eigenvalue weighted by Gasteiger charge is 2.18. The molecule has 0 radical (unpaired) electrons. The van der Waals surface area contributed by atoms with Gasteiger partial charge in [0.1, 0.15) is 0 Å². The van der Waals surface area contributed by atoms with Crippen molar-refractivity contribution in [3.05, 3.63) is 19.6 Å². The first-order valence-electron chi connectivity index (χ1n) is 3.36. The molecule has 0 fully saturated rings. The van der Waals surface area contributed by atoms with E-state index in [0.29, 0.717) is 0 Å². The highest BCUT2D eigenvalue weighted by molar-refractivity contribution is 14.1. The number of hydrogen-bond donors (Lipinski definition) is 0. The second-order valence-electron chi connectivity index (χ2n) is 3.48. The van der Waals surface area contributed by atoms with Gasteiger partial charge in [0, 0.05) is 4.88 Å². The summed E-state index contributed by atoms with van der Waals surface area (Å²) in [4.78, 5) is 1.11. The van der Waals surface area contributed by atoms with Crippen molar-refractivity contribution in [3.8, 4) is 0 Å². The summed E-state index contributed by atoms with van der Waals surface area (Å²) in [5.41, 5.74) is 0.0783. The predicted molar refractivity (Wildman–Crippen MR) is 55.7 cm³/mol. The van der Waals surface area contributed by atoms with Gasteiger partial charge >= 0.3 is 0 Å². The normalized spacial score (nSPS) is 12.1. The largest absolute Gasteiger partial charge is 0.194 e. The molecule has 1 aromatic rings. The van der Waals surface area contributed by atoms with E-state index in [0.717, 1.165) is 8.45 Å². The molecular formula is C8H10FIS. The Morgan fingerprint density at radius 3 is 2.18 bits per heavy atom. The molecule has 0 spiro atoms. The Labute approximate surface area is 84.0 Å². The zero-order chi connectivity index (χ0) is 8.65. The third-order valence-electron chi connectivity index (χ3n) is 1.38. The predicted octanol–water partition coefficient (Wildman–Crippen LogP) is 3.79. The Kier molecular flexibility index (Phi) is 2.59. The molecule has 1 aromatic heterocycles. The molecule has 0 amide bonds. The van der Waals surface area contributed by atoms with Crippen LogP contribution in [0.25, 0.3) is 0 Å². The standard InChI is InChI=1S/C8H10FIS/c1-8(2,3)6-4-5(10)7(9)11-6/h4H,1-3H3. The first-order valence-corrected chi connectivity index (χ1v) is 5.26. The van der Waals surface area contributed by atoms with E-state index in [9.17, 15) is 4.39 Å². The first kappa shape index (κ1) is 9.45. The second-order valence-corrected chi connectivity index (χ2v) is 5.65. The van der Waals surface area contributed by atoms with Gasteiger partial charge in [-0.3, -0.25) is 0 Å². The summed E-state index contributed by atoms with van der Waals surface area (Å²) in [7, 11) is 0. The smallest absolute Gasteiger partial charge is 0.190 e. The van der Waals surface area contributed by atoms with Gasteiger partial charge in [0.15, 0.2) is 5.13 Å². The highest BCUT2D eigenvalue weighted by Crippen LogP contribution is 2.31. The Hall–Kier alpha value is 0.360. The molecule has 62 valence electrons. The van der Waals surface area contributed by atoms with Crippen LogP contribution in [0.15, 0.2) is 6.07 Å². The molecule has 0 atom stereocenters. The van der Waals surface area contributed by atoms with Crippen LogP contribution in [0, 0.1) is 8.70 Å². The van der Waals surface area contributed by atoms with E-state index in [4.69, 9.17) is 0 Å². The van der Waals surface area contributed by atoms with Crippen molar-refractivity contribution in [2.75, 3.05) is 0 Å². The molecule has 0 unspecified atom stereocenters. The Morgan fingerprint density at radius 1 is 1.45 bits per heavy atom. The van der Waals surface area contributed by atoms with E-state index >= 15 is 0 Å². The lowest BCUT2D eigenvalue weighted by atomic mass is 9.95. The van der Waals surface area contributed by atoms with Gasteiger partial charge in [-0.2, -0.15) is 4.39 Å². The van der Waals surface area contributed by atoms with E-state index in [-0.39, 0.29) is 10.5 Å². The fourth-order valence-electron chi connectivity index (χ4n) is 0.716. The minimum atomic E-state index is -0.0597. The van der Waals surface area contributed by atoms with E-state index < -0.39 is 0 Å². The molecular weight excluding hydrogens is 274 g/mol. The zero-order valence-corrected chi connectivity index (χ0v) is 9.72. The molecule has 0 aliphatic heterocycles. The lowest BCUT2D eigenvalue weighted by Gasteiger charge is -2.14. The van der Waals surface area contributed by atoms with Gasteiger partial charge in [-0.25, -0.2) is 0 Å². The van der Waals surface area contributed by atoms with Gasteiger partial charge < -0.3 is 0 Å². The second kappa shape index (κ2) is 3.01. The Morgan fingerprint density at radius 2 is 2.00 bits per heavy atom. The number of thiophene rings is 1. The minimum Gasteiger partial charge on any atom is -0.194 e. The molecule has 11 heavy (non-hydrogen) atoms. The molecule has 0 saturated heterocycles. The monoisotopic (exact) mass is 284 g/mol. The van der Waals surface area contributed by atoms with E-state index in [1.54, 1.807) is 0 Å². The molecule has 1 heterocycles. The van der Waals surface area contributed by atoms with Gasteiger partial charge in [0.2, 0.25) is 0 Å². The van der Waals surface area contributed by atoms with E-state index in [2.05, 4.69) is 20.8 Å². The Balaban J connectivity index is 3.08. The van der Waals surface area contributed by atoms with E-state index in [1.807, 2.05) is 28.7 Å². The topological polar surface area (TPSA) is 0 Å². The van der Waals surface area contributed by atoms with Gasteiger partial charge in [0.25, 0.3) is 0 Å². The van der Waals surface area contributed by atoms with Crippen LogP contribution in [0.1, 0.15) is 25.6 Å². The molecule has 0 aliphatic carbocycles. The summed E-state index contributed by atoms with van der Waals surface area (Å²) < 4.78 is 13.6. The quantitative estimate of drug-likeness (QED) is 0.636. The van der Waals surface area contributed by atoms with Crippen LogP contribution in [0.3, 0.4) is 0 Å². The van der Waals surface area contributed by atoms with Gasteiger partial charge in [-0.1, -0.05) is 20.8 Å². The van der Waals surface area contributed by atoms with Crippen LogP contribution >= 0.6 is 33.9 Å². The van der Waals surface area contributed by atoms with Crippen LogP contribution in [0.2, 0.25) is 0 Å². The van der Waals surface area contributed by atoms with Crippen molar-refractivity contribution in [1.29, 1.82) is 0 Å². The molecule has 0 N–H and O–H groups in total. The lowest BCUT2D eigenvalue weighted by molar-refractivity contribution is 0.603. The lowest BCUT2D eigenvalue weighted by Crippen LogP contribution is -2.07. The van der Waals surface area contributed by atoms with Crippen LogP contribution in [-0.2, 0) is 5.41 Å². The summed E-state index contributed by atoms with van der Waals surface area (Å²) in [6.07, 6.45) is 0. The molecule has 0 bridgehead atoms. The number of rotatable bonds is 0. The maximum atomic E-state index is 12.9. The summed E-state index contributed by atoms with van der Waals surface area (Å²) in [5, 5.41) is -0.0597. The summed E-state index contributed by atoms with van der Waals surface area (Å²) in [5.74, 6) is 0. The maximum Gasteiger partial charge on any atom is 0.190 e. The highest BCUT2D eigenvalue weighted by atomic mass is 127. The third-order valence-corrected chi connectivity index (χ3v) is 3.88. The molecule has 0 nitrogen and oxygen atoms in total. The average Bonchev–Trinajstić information content (AvgIpc) is 2.11. The van der Waals surface area contributed by atoms with Gasteiger partial charge in [-0.15, -0.1) is 11.3 Å². The third kappa shape index (κ3) is 2.15. The van der Waals surface area contributed by atoms with Crippen molar-refractivity contribution in [2.45, 2.75) is 26.2 Å². The van der Waals surface area contributed by atoms with Crippen LogP contribution in [-0.4, -0.2) is 0 Å². The molecule has 0 saturated carbocycles. The van der Waals surface area contributed by atoms with Crippen molar-refractivity contribution in [1.82, 2.24) is 0 Å². The first-order chi connectivity index (χ1) is 4.91. The average molecular weight is 284 g/mol. The van der Waals surface area contributed by atoms with Crippen LogP contribution in [0.4, 0.5) is 4.39 Å². The Bertz CT molecular complexity index is 240. The van der Waals surface area contributed by atoms with Crippen LogP contribution < -0.4 is 0 Å². The summed E-state index contributed by atoms with van der Waals surface area (Å²) >= 11 is 3.27. The molecule has 0 aliphatic rings. The number of halogens is 2. The minimum absolute atomic E-state index is 0.0597. The molecule has 1 rings (SSSR count). The summed E-state index contributed by atoms with van der Waals surface area (Å²) in [6.45, 7) is 6.27. The van der Waals surface area contributed by atoms with Crippen molar-refractivity contribution < 1.29 is 4.39 Å². The molecule has 0 aromatic carbocycles. The fourth-order valence-corrected chi connectivity index (χ4v) is 2.40. The van der Waals surface area contributed by atoms with Gasteiger partial charge in [-0.05, 0) is 34.1 Å². The SMILES string of the molecule is CC(C)(C)c1cc(I)c(F)s1. The zero-order valence-electron chi connectivity index (χ0n) is 6.74. The van der Waals surface area contributed by atoms with Crippen molar-refractivity contribution in [3.63, 3.8) is 0 Å².